The molecule has 1 aromatic heterocycles. The van der Waals surface area contributed by atoms with Gasteiger partial charge in [-0.3, -0.25) is 4.79 Å². The van der Waals surface area contributed by atoms with Crippen LogP contribution in [0.15, 0.2) is 53.7 Å². The van der Waals surface area contributed by atoms with Crippen molar-refractivity contribution >= 4 is 23.4 Å². The van der Waals surface area contributed by atoms with E-state index < -0.39 is 0 Å². The zero-order valence-electron chi connectivity index (χ0n) is 16.3. The topological polar surface area (TPSA) is 59.8 Å². The lowest BCUT2D eigenvalue weighted by atomic mass is 10.0. The molecule has 3 rings (SSSR count). The zero-order valence-corrected chi connectivity index (χ0v) is 17.1. The molecule has 0 bridgehead atoms. The number of aromatic nitrogens is 3. The monoisotopic (exact) mass is 398 g/mol. The van der Waals surface area contributed by atoms with Gasteiger partial charge >= 0.3 is 0 Å². The molecule has 0 saturated heterocycles. The van der Waals surface area contributed by atoms with E-state index in [2.05, 4.69) is 29.4 Å². The summed E-state index contributed by atoms with van der Waals surface area (Å²) in [5.41, 5.74) is 2.36. The second-order valence-corrected chi connectivity index (χ2v) is 8.18. The molecule has 0 radical (unpaired) electrons. The Balaban J connectivity index is 1.68. The fourth-order valence-corrected chi connectivity index (χ4v) is 3.52. The first-order chi connectivity index (χ1) is 13.4. The van der Waals surface area contributed by atoms with Crippen molar-refractivity contribution in [2.75, 3.05) is 5.32 Å². The molecule has 0 spiro atoms. The van der Waals surface area contributed by atoms with Crippen LogP contribution in [0, 0.1) is 5.82 Å². The highest BCUT2D eigenvalue weighted by atomic mass is 32.2. The predicted octanol–water partition coefficient (Wildman–Crippen LogP) is 4.86. The number of benzene rings is 2. The summed E-state index contributed by atoms with van der Waals surface area (Å²) in [6.45, 7) is 6.06. The van der Waals surface area contributed by atoms with Crippen LogP contribution in [-0.2, 0) is 11.8 Å². The molecular weight excluding hydrogens is 375 g/mol. The molecule has 1 amide bonds. The van der Waals surface area contributed by atoms with Crippen LogP contribution in [0.5, 0.6) is 0 Å². The number of hydrogen-bond acceptors (Lipinski definition) is 4. The van der Waals surface area contributed by atoms with Crippen LogP contribution in [0.4, 0.5) is 10.1 Å². The molecule has 28 heavy (non-hydrogen) atoms. The van der Waals surface area contributed by atoms with Crippen molar-refractivity contribution in [3.8, 4) is 11.4 Å². The van der Waals surface area contributed by atoms with Gasteiger partial charge in [0.1, 0.15) is 5.82 Å². The Kier molecular flexibility index (Phi) is 6.14. The Morgan fingerprint density at radius 2 is 1.75 bits per heavy atom. The SMILES string of the molecule is CC(C)c1ccc(NC(=O)[C@H](C)Sc2nnc(-c3ccccc3F)n2C)cc1. The Labute approximate surface area is 168 Å². The molecule has 0 saturated carbocycles. The van der Waals surface area contributed by atoms with Crippen molar-refractivity contribution in [1.82, 2.24) is 14.8 Å². The molecule has 0 fully saturated rings. The van der Waals surface area contributed by atoms with E-state index in [1.807, 2.05) is 24.3 Å². The summed E-state index contributed by atoms with van der Waals surface area (Å²) in [5.74, 6) is 0.388. The molecule has 0 unspecified atom stereocenters. The Morgan fingerprint density at radius 1 is 1.07 bits per heavy atom. The molecule has 0 aliphatic heterocycles. The number of halogens is 1. The summed E-state index contributed by atoms with van der Waals surface area (Å²) in [5, 5.41) is 11.3. The average molecular weight is 399 g/mol. The molecule has 7 heteroatoms. The first kappa shape index (κ1) is 20.1. The number of hydrogen-bond donors (Lipinski definition) is 1. The maximum absolute atomic E-state index is 14.0. The highest BCUT2D eigenvalue weighted by Gasteiger charge is 2.20. The number of carbonyl (C=O) groups excluding carboxylic acids is 1. The van der Waals surface area contributed by atoms with Gasteiger partial charge in [0.15, 0.2) is 11.0 Å². The van der Waals surface area contributed by atoms with Crippen molar-refractivity contribution in [2.24, 2.45) is 7.05 Å². The lowest BCUT2D eigenvalue weighted by Crippen LogP contribution is -2.22. The van der Waals surface area contributed by atoms with Gasteiger partial charge in [-0.15, -0.1) is 10.2 Å². The van der Waals surface area contributed by atoms with Gasteiger partial charge in [-0.2, -0.15) is 0 Å². The molecule has 1 atom stereocenters. The third-order valence-electron chi connectivity index (χ3n) is 4.45. The van der Waals surface area contributed by atoms with Crippen molar-refractivity contribution in [1.29, 1.82) is 0 Å². The largest absolute Gasteiger partial charge is 0.325 e. The normalized spacial score (nSPS) is 12.2. The second kappa shape index (κ2) is 8.56. The summed E-state index contributed by atoms with van der Waals surface area (Å²) in [6, 6.07) is 14.3. The quantitative estimate of drug-likeness (QED) is 0.602. The van der Waals surface area contributed by atoms with Crippen LogP contribution < -0.4 is 5.32 Å². The number of carbonyl (C=O) groups is 1. The fourth-order valence-electron chi connectivity index (χ4n) is 2.70. The van der Waals surface area contributed by atoms with Gasteiger partial charge in [0, 0.05) is 12.7 Å². The molecule has 0 aliphatic carbocycles. The van der Waals surface area contributed by atoms with Gasteiger partial charge in [-0.1, -0.05) is 49.9 Å². The Hall–Kier alpha value is -2.67. The molecule has 146 valence electrons. The molecule has 1 heterocycles. The third-order valence-corrected chi connectivity index (χ3v) is 5.58. The van der Waals surface area contributed by atoms with Crippen molar-refractivity contribution < 1.29 is 9.18 Å². The summed E-state index contributed by atoms with van der Waals surface area (Å²) in [6.07, 6.45) is 0. The lowest BCUT2D eigenvalue weighted by molar-refractivity contribution is -0.115. The zero-order chi connectivity index (χ0) is 20.3. The van der Waals surface area contributed by atoms with E-state index in [-0.39, 0.29) is 17.0 Å². The molecule has 1 N–H and O–H groups in total. The van der Waals surface area contributed by atoms with Crippen LogP contribution in [-0.4, -0.2) is 25.9 Å². The van der Waals surface area contributed by atoms with Crippen LogP contribution in [0.2, 0.25) is 0 Å². The summed E-state index contributed by atoms with van der Waals surface area (Å²) >= 11 is 1.28. The maximum atomic E-state index is 14.0. The van der Waals surface area contributed by atoms with Crippen molar-refractivity contribution in [3.05, 3.63) is 59.9 Å². The molecular formula is C21H23FN4OS. The number of amides is 1. The van der Waals surface area contributed by atoms with E-state index in [0.717, 1.165) is 5.69 Å². The minimum atomic E-state index is -0.388. The summed E-state index contributed by atoms with van der Waals surface area (Å²) in [4.78, 5) is 12.5. The van der Waals surface area contributed by atoms with Gasteiger partial charge in [-0.05, 0) is 42.7 Å². The smallest absolute Gasteiger partial charge is 0.237 e. The van der Waals surface area contributed by atoms with Gasteiger partial charge < -0.3 is 9.88 Å². The lowest BCUT2D eigenvalue weighted by Gasteiger charge is -2.13. The average Bonchev–Trinajstić information content (AvgIpc) is 3.03. The molecule has 5 nitrogen and oxygen atoms in total. The van der Waals surface area contributed by atoms with E-state index in [1.54, 1.807) is 36.7 Å². The minimum absolute atomic E-state index is 0.127. The van der Waals surface area contributed by atoms with Crippen molar-refractivity contribution in [2.45, 2.75) is 37.1 Å². The first-order valence-corrected chi connectivity index (χ1v) is 9.96. The number of nitrogens with one attached hydrogen (secondary N) is 1. The Morgan fingerprint density at radius 3 is 2.39 bits per heavy atom. The van der Waals surface area contributed by atoms with E-state index in [1.165, 1.54) is 23.4 Å². The van der Waals surface area contributed by atoms with Crippen LogP contribution in [0.1, 0.15) is 32.3 Å². The highest BCUT2D eigenvalue weighted by Crippen LogP contribution is 2.27. The third kappa shape index (κ3) is 4.42. The van der Waals surface area contributed by atoms with E-state index in [9.17, 15) is 9.18 Å². The van der Waals surface area contributed by atoms with Crippen molar-refractivity contribution in [3.63, 3.8) is 0 Å². The number of nitrogens with zero attached hydrogens (tertiary/aromatic N) is 3. The minimum Gasteiger partial charge on any atom is -0.325 e. The Bertz CT molecular complexity index is 969. The van der Waals surface area contributed by atoms with E-state index in [0.29, 0.717) is 22.5 Å². The summed E-state index contributed by atoms with van der Waals surface area (Å²) in [7, 11) is 1.76. The fraction of sp³-hybridized carbons (Fsp3) is 0.286. The second-order valence-electron chi connectivity index (χ2n) is 6.87. The molecule has 3 aromatic rings. The number of thioether (sulfide) groups is 1. The van der Waals surface area contributed by atoms with Gasteiger partial charge in [0.05, 0.1) is 10.8 Å². The van der Waals surface area contributed by atoms with Crippen LogP contribution in [0.25, 0.3) is 11.4 Å². The van der Waals surface area contributed by atoms with Gasteiger partial charge in [0.2, 0.25) is 5.91 Å². The van der Waals surface area contributed by atoms with Gasteiger partial charge in [-0.25, -0.2) is 4.39 Å². The standard InChI is InChI=1S/C21H23FN4OS/c1-13(2)15-9-11-16(12-10-15)23-20(27)14(3)28-21-25-24-19(26(21)4)17-7-5-6-8-18(17)22/h5-14H,1-4H3,(H,23,27)/t14-/m0/s1. The van der Waals surface area contributed by atoms with Crippen LogP contribution >= 0.6 is 11.8 Å². The predicted molar refractivity (Wildman–Crippen MR) is 111 cm³/mol. The summed E-state index contributed by atoms with van der Waals surface area (Å²) < 4.78 is 15.7. The number of anilines is 1. The maximum Gasteiger partial charge on any atom is 0.237 e. The van der Waals surface area contributed by atoms with Crippen LogP contribution in [0.3, 0.4) is 0 Å². The number of rotatable bonds is 6. The first-order valence-electron chi connectivity index (χ1n) is 9.08. The van der Waals surface area contributed by atoms with E-state index in [4.69, 9.17) is 0 Å². The highest BCUT2D eigenvalue weighted by molar-refractivity contribution is 8.00. The van der Waals surface area contributed by atoms with Gasteiger partial charge in [0.25, 0.3) is 0 Å². The molecule has 0 aliphatic rings. The molecule has 2 aromatic carbocycles. The van der Waals surface area contributed by atoms with E-state index >= 15 is 0 Å².